The van der Waals surface area contributed by atoms with Crippen LogP contribution in [-0.2, 0) is 14.3 Å². The Labute approximate surface area is 98.1 Å². The predicted molar refractivity (Wildman–Crippen MR) is 63.5 cm³/mol. The highest BCUT2D eigenvalue weighted by Crippen LogP contribution is 1.98. The van der Waals surface area contributed by atoms with Gasteiger partial charge in [0.2, 0.25) is 5.91 Å². The van der Waals surface area contributed by atoms with E-state index in [4.69, 9.17) is 9.47 Å². The number of nitrogens with zero attached hydrogens (tertiary/aromatic N) is 1. The van der Waals surface area contributed by atoms with Gasteiger partial charge < -0.3 is 19.7 Å². The molecule has 0 aliphatic carbocycles. The highest BCUT2D eigenvalue weighted by molar-refractivity contribution is 5.81. The summed E-state index contributed by atoms with van der Waals surface area (Å²) in [6.07, 6.45) is 0.850. The lowest BCUT2D eigenvalue weighted by molar-refractivity contribution is -0.133. The first-order valence-corrected chi connectivity index (χ1v) is 5.61. The molecule has 0 spiro atoms. The molecule has 16 heavy (non-hydrogen) atoms. The Balaban J connectivity index is 4.12. The van der Waals surface area contributed by atoms with Gasteiger partial charge in [-0.05, 0) is 20.4 Å². The molecule has 0 aliphatic rings. The van der Waals surface area contributed by atoms with E-state index >= 15 is 0 Å². The van der Waals surface area contributed by atoms with Crippen LogP contribution < -0.4 is 5.32 Å². The molecule has 5 heteroatoms. The van der Waals surface area contributed by atoms with Gasteiger partial charge in [-0.1, -0.05) is 0 Å². The molecule has 5 nitrogen and oxygen atoms in total. The van der Waals surface area contributed by atoms with Gasteiger partial charge in [0, 0.05) is 33.9 Å². The van der Waals surface area contributed by atoms with Crippen molar-refractivity contribution in [3.05, 3.63) is 0 Å². The summed E-state index contributed by atoms with van der Waals surface area (Å²) < 4.78 is 9.98. The molecule has 0 radical (unpaired) electrons. The maximum Gasteiger partial charge on any atom is 0.239 e. The van der Waals surface area contributed by atoms with Crippen LogP contribution in [0.1, 0.15) is 13.3 Å². The summed E-state index contributed by atoms with van der Waals surface area (Å²) in [7, 11) is 5.09. The maximum atomic E-state index is 11.9. The molecule has 0 aromatic carbocycles. The van der Waals surface area contributed by atoms with Crippen LogP contribution in [0.4, 0.5) is 0 Å². The molecular weight excluding hydrogens is 208 g/mol. The van der Waals surface area contributed by atoms with Crippen LogP contribution in [0.2, 0.25) is 0 Å². The quantitative estimate of drug-likeness (QED) is 0.573. The molecule has 1 unspecified atom stereocenters. The van der Waals surface area contributed by atoms with E-state index in [1.807, 2.05) is 11.8 Å². The monoisotopic (exact) mass is 232 g/mol. The fraction of sp³-hybridized carbons (Fsp3) is 0.909. The summed E-state index contributed by atoms with van der Waals surface area (Å²) in [6, 6.07) is -0.153. The highest BCUT2D eigenvalue weighted by atomic mass is 16.5. The van der Waals surface area contributed by atoms with Crippen LogP contribution in [0.3, 0.4) is 0 Å². The third-order valence-corrected chi connectivity index (χ3v) is 2.46. The molecular formula is C11H24N2O3. The molecule has 0 saturated heterocycles. The molecule has 1 amide bonds. The summed E-state index contributed by atoms with van der Waals surface area (Å²) in [6.45, 7) is 4.44. The van der Waals surface area contributed by atoms with Crippen LogP contribution >= 0.6 is 0 Å². The minimum atomic E-state index is -0.153. The summed E-state index contributed by atoms with van der Waals surface area (Å²) >= 11 is 0. The van der Waals surface area contributed by atoms with E-state index in [0.717, 1.165) is 6.42 Å². The summed E-state index contributed by atoms with van der Waals surface area (Å²) in [5.41, 5.74) is 0. The van der Waals surface area contributed by atoms with Crippen LogP contribution in [0.25, 0.3) is 0 Å². The third-order valence-electron chi connectivity index (χ3n) is 2.46. The summed E-state index contributed by atoms with van der Waals surface area (Å²) in [5, 5.41) is 2.95. The predicted octanol–water partition coefficient (Wildman–Crippen LogP) is 0.106. The Morgan fingerprint density at radius 1 is 1.25 bits per heavy atom. The van der Waals surface area contributed by atoms with Crippen molar-refractivity contribution in [2.75, 3.05) is 47.6 Å². The molecule has 0 aromatic rings. The van der Waals surface area contributed by atoms with Crippen molar-refractivity contribution in [2.45, 2.75) is 19.4 Å². The first kappa shape index (κ1) is 15.3. The number of ether oxygens (including phenoxy) is 2. The van der Waals surface area contributed by atoms with Gasteiger partial charge in [0.1, 0.15) is 0 Å². The van der Waals surface area contributed by atoms with Gasteiger partial charge in [-0.2, -0.15) is 0 Å². The Hall–Kier alpha value is -0.650. The van der Waals surface area contributed by atoms with Crippen molar-refractivity contribution < 1.29 is 14.3 Å². The van der Waals surface area contributed by atoms with Crippen molar-refractivity contribution in [1.29, 1.82) is 0 Å². The molecule has 0 aromatic heterocycles. The van der Waals surface area contributed by atoms with E-state index in [2.05, 4.69) is 5.32 Å². The first-order valence-electron chi connectivity index (χ1n) is 5.61. The number of carbonyl (C=O) groups is 1. The first-order chi connectivity index (χ1) is 7.67. The van der Waals surface area contributed by atoms with Gasteiger partial charge in [0.25, 0.3) is 0 Å². The maximum absolute atomic E-state index is 11.9. The number of rotatable bonds is 9. The van der Waals surface area contributed by atoms with Crippen LogP contribution in [0.15, 0.2) is 0 Å². The molecule has 0 rings (SSSR count). The molecule has 1 N–H and O–H groups in total. The van der Waals surface area contributed by atoms with E-state index in [9.17, 15) is 4.79 Å². The molecule has 96 valence electrons. The average molecular weight is 232 g/mol. The van der Waals surface area contributed by atoms with Gasteiger partial charge >= 0.3 is 0 Å². The Kier molecular flexibility index (Phi) is 9.18. The summed E-state index contributed by atoms with van der Waals surface area (Å²) in [5.74, 6) is 0.107. The largest absolute Gasteiger partial charge is 0.385 e. The van der Waals surface area contributed by atoms with E-state index in [0.29, 0.717) is 26.3 Å². The molecule has 1 atom stereocenters. The van der Waals surface area contributed by atoms with Gasteiger partial charge in [-0.25, -0.2) is 0 Å². The number of hydrogen-bond acceptors (Lipinski definition) is 4. The normalized spacial score (nSPS) is 12.5. The van der Waals surface area contributed by atoms with E-state index < -0.39 is 0 Å². The third kappa shape index (κ3) is 6.05. The smallest absolute Gasteiger partial charge is 0.239 e. The summed E-state index contributed by atoms with van der Waals surface area (Å²) in [4.78, 5) is 13.8. The number of carbonyl (C=O) groups excluding carboxylic acids is 1. The zero-order valence-corrected chi connectivity index (χ0v) is 10.8. The average Bonchev–Trinajstić information content (AvgIpc) is 2.31. The van der Waals surface area contributed by atoms with E-state index in [-0.39, 0.29) is 11.9 Å². The second-order valence-corrected chi connectivity index (χ2v) is 3.67. The fourth-order valence-electron chi connectivity index (χ4n) is 1.33. The number of nitrogens with one attached hydrogen (secondary N) is 1. The Morgan fingerprint density at radius 3 is 2.38 bits per heavy atom. The zero-order valence-electron chi connectivity index (χ0n) is 10.8. The second-order valence-electron chi connectivity index (χ2n) is 3.67. The fourth-order valence-corrected chi connectivity index (χ4v) is 1.33. The number of methoxy groups -OCH3 is 2. The molecule has 0 aliphatic heterocycles. The van der Waals surface area contributed by atoms with Crippen molar-refractivity contribution in [2.24, 2.45) is 0 Å². The van der Waals surface area contributed by atoms with Crippen molar-refractivity contribution in [1.82, 2.24) is 10.2 Å². The SMILES string of the molecule is CNC(C)C(=O)N(CCCOC)CCOC. The van der Waals surface area contributed by atoms with Crippen molar-refractivity contribution in [3.63, 3.8) is 0 Å². The van der Waals surface area contributed by atoms with Crippen molar-refractivity contribution >= 4 is 5.91 Å². The molecule has 0 bridgehead atoms. The van der Waals surface area contributed by atoms with E-state index in [1.165, 1.54) is 0 Å². The number of amides is 1. The number of likely N-dealkylation sites (N-methyl/N-ethyl adjacent to an activating group) is 1. The lowest BCUT2D eigenvalue weighted by Gasteiger charge is -2.25. The second kappa shape index (κ2) is 9.57. The van der Waals surface area contributed by atoms with Crippen LogP contribution in [0.5, 0.6) is 0 Å². The van der Waals surface area contributed by atoms with Crippen molar-refractivity contribution in [3.8, 4) is 0 Å². The van der Waals surface area contributed by atoms with Gasteiger partial charge in [0.05, 0.1) is 12.6 Å². The Bertz CT molecular complexity index is 188. The molecule has 0 heterocycles. The van der Waals surface area contributed by atoms with Gasteiger partial charge in [-0.3, -0.25) is 4.79 Å². The van der Waals surface area contributed by atoms with Crippen LogP contribution in [-0.4, -0.2) is 64.4 Å². The standard InChI is InChI=1S/C11H24N2O3/c1-10(12-2)11(14)13(7-9-16-4)6-5-8-15-3/h10,12H,5-9H2,1-4H3. The highest BCUT2D eigenvalue weighted by Gasteiger charge is 2.18. The molecule has 0 fully saturated rings. The van der Waals surface area contributed by atoms with Gasteiger partial charge in [0.15, 0.2) is 0 Å². The molecule has 0 saturated carbocycles. The number of hydrogen-bond donors (Lipinski definition) is 1. The Morgan fingerprint density at radius 2 is 1.88 bits per heavy atom. The topological polar surface area (TPSA) is 50.8 Å². The zero-order chi connectivity index (χ0) is 12.4. The lowest BCUT2D eigenvalue weighted by atomic mass is 10.2. The van der Waals surface area contributed by atoms with Crippen LogP contribution in [0, 0.1) is 0 Å². The minimum Gasteiger partial charge on any atom is -0.385 e. The van der Waals surface area contributed by atoms with E-state index in [1.54, 1.807) is 21.3 Å². The van der Waals surface area contributed by atoms with Gasteiger partial charge in [-0.15, -0.1) is 0 Å². The lowest BCUT2D eigenvalue weighted by Crippen LogP contribution is -2.45. The minimum absolute atomic E-state index is 0.107.